The Hall–Kier alpha value is -9.18. The van der Waals surface area contributed by atoms with Gasteiger partial charge in [0.15, 0.2) is 0 Å². The van der Waals surface area contributed by atoms with Crippen molar-refractivity contribution in [1.29, 1.82) is 0 Å². The summed E-state index contributed by atoms with van der Waals surface area (Å²) in [6, 6.07) is 97.2. The molecule has 0 aliphatic carbocycles. The SMILES string of the molecule is c1ccc(C(c2ccccc2)(c2cccc(-n3c4ccccc4c4cc(-c5cccc(-c6cccc(-n7c8ccccc8c8ccccc87)c6)c5)ccc43)c2)c2cccc3c2oc2ccccc23)cc1. The summed E-state index contributed by atoms with van der Waals surface area (Å²) < 4.78 is 11.7. The van der Waals surface area contributed by atoms with Crippen molar-refractivity contribution in [3.63, 3.8) is 0 Å². The highest BCUT2D eigenvalue weighted by molar-refractivity contribution is 6.11. The van der Waals surface area contributed by atoms with Gasteiger partial charge in [-0.2, -0.15) is 0 Å². The van der Waals surface area contributed by atoms with Crippen LogP contribution in [0.3, 0.4) is 0 Å². The minimum Gasteiger partial charge on any atom is -0.456 e. The molecule has 0 amide bonds. The van der Waals surface area contributed by atoms with Crippen LogP contribution in [-0.2, 0) is 5.41 Å². The van der Waals surface area contributed by atoms with Gasteiger partial charge in [-0.25, -0.2) is 0 Å². The molecule has 0 aliphatic heterocycles. The lowest BCUT2D eigenvalue weighted by Gasteiger charge is -2.37. The fourth-order valence-electron chi connectivity index (χ4n) is 11.6. The van der Waals surface area contributed by atoms with Crippen LogP contribution in [0.15, 0.2) is 271 Å². The second-order valence-corrected chi connectivity index (χ2v) is 18.4. The Morgan fingerprint density at radius 3 is 1.36 bits per heavy atom. The van der Waals surface area contributed by atoms with E-state index in [9.17, 15) is 0 Å². The molecule has 0 spiro atoms. The average molecular weight is 893 g/mol. The Labute approximate surface area is 405 Å². The molecule has 0 saturated heterocycles. The van der Waals surface area contributed by atoms with Crippen LogP contribution in [0.5, 0.6) is 0 Å². The van der Waals surface area contributed by atoms with E-state index in [2.05, 4.69) is 276 Å². The zero-order chi connectivity index (χ0) is 46.2. The van der Waals surface area contributed by atoms with E-state index in [0.717, 1.165) is 55.5 Å². The van der Waals surface area contributed by atoms with Crippen molar-refractivity contribution in [3.8, 4) is 33.6 Å². The molecular weight excluding hydrogens is 849 g/mol. The van der Waals surface area contributed by atoms with E-state index < -0.39 is 5.41 Å². The van der Waals surface area contributed by atoms with Gasteiger partial charge >= 0.3 is 0 Å². The van der Waals surface area contributed by atoms with Crippen molar-refractivity contribution in [2.45, 2.75) is 5.41 Å². The fraction of sp³-hybridized carbons (Fsp3) is 0.0149. The fourth-order valence-corrected chi connectivity index (χ4v) is 11.6. The third-order valence-corrected chi connectivity index (χ3v) is 14.6. The molecule has 0 radical (unpaired) electrons. The van der Waals surface area contributed by atoms with E-state index in [0.29, 0.717) is 0 Å². The second-order valence-electron chi connectivity index (χ2n) is 18.4. The van der Waals surface area contributed by atoms with Gasteiger partial charge in [0.2, 0.25) is 0 Å². The molecule has 3 heteroatoms. The molecule has 3 nitrogen and oxygen atoms in total. The summed E-state index contributed by atoms with van der Waals surface area (Å²) in [5.74, 6) is 0. The van der Waals surface area contributed by atoms with Gasteiger partial charge in [-0.3, -0.25) is 0 Å². The number of hydrogen-bond acceptors (Lipinski definition) is 1. The number of hydrogen-bond donors (Lipinski definition) is 0. The molecule has 3 heterocycles. The lowest BCUT2D eigenvalue weighted by Crippen LogP contribution is -2.31. The Morgan fingerprint density at radius 2 is 0.714 bits per heavy atom. The maximum Gasteiger partial charge on any atom is 0.140 e. The maximum absolute atomic E-state index is 6.89. The van der Waals surface area contributed by atoms with Crippen molar-refractivity contribution in [2.75, 3.05) is 0 Å². The topological polar surface area (TPSA) is 23.0 Å². The van der Waals surface area contributed by atoms with E-state index in [1.165, 1.54) is 66.0 Å². The van der Waals surface area contributed by atoms with Crippen LogP contribution in [0.2, 0.25) is 0 Å². The quantitative estimate of drug-likeness (QED) is 0.139. The van der Waals surface area contributed by atoms with Gasteiger partial charge in [-0.1, -0.05) is 200 Å². The smallest absolute Gasteiger partial charge is 0.140 e. The first kappa shape index (κ1) is 39.9. The van der Waals surface area contributed by atoms with E-state index in [1.54, 1.807) is 0 Å². The van der Waals surface area contributed by atoms with Crippen molar-refractivity contribution in [3.05, 3.63) is 289 Å². The first-order valence-electron chi connectivity index (χ1n) is 24.1. The number of benzene rings is 11. The molecule has 328 valence electrons. The number of nitrogens with zero attached hydrogens (tertiary/aromatic N) is 2. The monoisotopic (exact) mass is 892 g/mol. The van der Waals surface area contributed by atoms with Crippen LogP contribution in [0.4, 0.5) is 0 Å². The highest BCUT2D eigenvalue weighted by atomic mass is 16.3. The average Bonchev–Trinajstić information content (AvgIpc) is 4.10. The van der Waals surface area contributed by atoms with Gasteiger partial charge in [-0.05, 0) is 106 Å². The predicted molar refractivity (Wildman–Crippen MR) is 292 cm³/mol. The number of aromatic nitrogens is 2. The summed E-state index contributed by atoms with van der Waals surface area (Å²) in [5.41, 5.74) is 17.3. The molecule has 0 aliphatic rings. The second kappa shape index (κ2) is 16.0. The third-order valence-electron chi connectivity index (χ3n) is 14.6. The Balaban J connectivity index is 0.917. The summed E-state index contributed by atoms with van der Waals surface area (Å²) in [4.78, 5) is 0. The normalized spacial score (nSPS) is 12.0. The summed E-state index contributed by atoms with van der Waals surface area (Å²) in [6.07, 6.45) is 0. The maximum atomic E-state index is 6.89. The Kier molecular flexibility index (Phi) is 9.11. The van der Waals surface area contributed by atoms with Gasteiger partial charge in [0.1, 0.15) is 11.2 Å². The minimum absolute atomic E-state index is 0.730. The van der Waals surface area contributed by atoms with Crippen LogP contribution in [-0.4, -0.2) is 9.13 Å². The summed E-state index contributed by atoms with van der Waals surface area (Å²) in [6.45, 7) is 0. The molecule has 11 aromatic carbocycles. The zero-order valence-electron chi connectivity index (χ0n) is 38.2. The molecule has 0 N–H and O–H groups in total. The molecule has 3 aromatic heterocycles. The summed E-state index contributed by atoms with van der Waals surface area (Å²) in [7, 11) is 0. The number of rotatable bonds is 8. The van der Waals surface area contributed by atoms with Crippen molar-refractivity contribution in [2.24, 2.45) is 0 Å². The molecule has 14 rings (SSSR count). The lowest BCUT2D eigenvalue weighted by molar-refractivity contribution is 0.645. The van der Waals surface area contributed by atoms with Gasteiger partial charge in [0.25, 0.3) is 0 Å². The van der Waals surface area contributed by atoms with E-state index in [-0.39, 0.29) is 0 Å². The Morgan fingerprint density at radius 1 is 0.271 bits per heavy atom. The van der Waals surface area contributed by atoms with Crippen LogP contribution in [0, 0.1) is 0 Å². The molecule has 0 fully saturated rings. The third kappa shape index (κ3) is 6.08. The molecule has 0 atom stereocenters. The van der Waals surface area contributed by atoms with E-state index >= 15 is 0 Å². The minimum atomic E-state index is -0.730. The highest BCUT2D eigenvalue weighted by Crippen LogP contribution is 2.49. The van der Waals surface area contributed by atoms with Crippen molar-refractivity contribution >= 4 is 65.6 Å². The number of fused-ring (bicyclic) bond motifs is 9. The molecule has 14 aromatic rings. The molecule has 0 unspecified atom stereocenters. The summed E-state index contributed by atoms with van der Waals surface area (Å²) >= 11 is 0. The van der Waals surface area contributed by atoms with Gasteiger partial charge < -0.3 is 13.6 Å². The van der Waals surface area contributed by atoms with Crippen LogP contribution in [0.25, 0.3) is 99.2 Å². The number of para-hydroxylation sites is 5. The Bertz CT molecular complexity index is 4210. The first-order chi connectivity index (χ1) is 34.7. The van der Waals surface area contributed by atoms with E-state index in [4.69, 9.17) is 4.42 Å². The van der Waals surface area contributed by atoms with Gasteiger partial charge in [0, 0.05) is 49.3 Å². The van der Waals surface area contributed by atoms with Gasteiger partial charge in [-0.15, -0.1) is 0 Å². The lowest BCUT2D eigenvalue weighted by atomic mass is 9.64. The van der Waals surface area contributed by atoms with Gasteiger partial charge in [0.05, 0.1) is 27.5 Å². The molecular formula is C67H44N2O. The molecule has 70 heavy (non-hydrogen) atoms. The van der Waals surface area contributed by atoms with Crippen LogP contribution >= 0.6 is 0 Å². The first-order valence-corrected chi connectivity index (χ1v) is 24.1. The van der Waals surface area contributed by atoms with Crippen molar-refractivity contribution < 1.29 is 4.42 Å². The zero-order valence-corrected chi connectivity index (χ0v) is 38.2. The standard InChI is InChI=1S/C67H44N2O/c1-3-22-49(23-4-1)67(50-24-5-2-6-25-50,60-34-18-33-58-57-32-10-14-38-65(57)70-66(58)60)51-26-17-28-53(44-51)69-63-37-13-9-31-56(63)59-43-48(39-40-64(59)69)46-20-15-19-45(41-46)47-21-16-27-52(42-47)68-61-35-11-7-29-54(61)55-30-8-12-36-62(55)68/h1-44H. The largest absolute Gasteiger partial charge is 0.456 e. The van der Waals surface area contributed by atoms with Crippen molar-refractivity contribution in [1.82, 2.24) is 9.13 Å². The van der Waals surface area contributed by atoms with Crippen LogP contribution in [0.1, 0.15) is 22.3 Å². The number of furan rings is 1. The molecule has 0 bridgehead atoms. The molecule has 0 saturated carbocycles. The summed E-state index contributed by atoms with van der Waals surface area (Å²) in [5, 5.41) is 7.17. The van der Waals surface area contributed by atoms with Crippen LogP contribution < -0.4 is 0 Å². The highest BCUT2D eigenvalue weighted by Gasteiger charge is 2.41. The van der Waals surface area contributed by atoms with E-state index in [1.807, 2.05) is 0 Å². The predicted octanol–water partition coefficient (Wildman–Crippen LogP) is 17.5.